The first kappa shape index (κ1) is 18.5. The lowest BCUT2D eigenvalue weighted by atomic mass is 9.67. The van der Waals surface area contributed by atoms with Gasteiger partial charge < -0.3 is 9.47 Å². The molecule has 142 valence electrons. The van der Waals surface area contributed by atoms with E-state index in [9.17, 15) is 9.18 Å². The second-order valence-corrected chi connectivity index (χ2v) is 10.5. The molecule has 3 aliphatic rings. The molecule has 2 saturated carbocycles. The minimum atomic E-state index is -0.425. The van der Waals surface area contributed by atoms with Crippen molar-refractivity contribution in [2.24, 2.45) is 17.8 Å². The number of rotatable bonds is 4. The number of ether oxygens (including phenoxy) is 2. The van der Waals surface area contributed by atoms with Gasteiger partial charge in [0.25, 0.3) is 0 Å². The lowest BCUT2D eigenvalue weighted by Crippen LogP contribution is -2.48. The molecule has 1 aliphatic heterocycles. The largest absolute Gasteiger partial charge is 0.494 e. The zero-order valence-electron chi connectivity index (χ0n) is 15.0. The van der Waals surface area contributed by atoms with Gasteiger partial charge >= 0.3 is 5.97 Å². The molecule has 1 saturated heterocycles. The molecule has 0 amide bonds. The molecule has 1 aromatic carbocycles. The van der Waals surface area contributed by atoms with Gasteiger partial charge in [-0.05, 0) is 55.2 Å². The van der Waals surface area contributed by atoms with Crippen molar-refractivity contribution >= 4 is 29.5 Å². The molecule has 2 atom stereocenters. The van der Waals surface area contributed by atoms with Crippen LogP contribution in [-0.4, -0.2) is 28.7 Å². The fourth-order valence-corrected chi connectivity index (χ4v) is 8.81. The maximum absolute atomic E-state index is 13.8. The lowest BCUT2D eigenvalue weighted by Gasteiger charge is -2.51. The third-order valence-electron chi connectivity index (χ3n) is 6.05. The number of carbonyl (C=O) groups is 1. The van der Waals surface area contributed by atoms with Crippen LogP contribution in [0.2, 0.25) is 0 Å². The molecular weight excluding hydrogens is 371 g/mol. The van der Waals surface area contributed by atoms with Gasteiger partial charge in [-0.15, -0.1) is 23.5 Å². The number of hydrogen-bond donors (Lipinski definition) is 0. The first-order valence-corrected chi connectivity index (χ1v) is 11.4. The predicted molar refractivity (Wildman–Crippen MR) is 104 cm³/mol. The van der Waals surface area contributed by atoms with Crippen LogP contribution in [0.1, 0.15) is 37.7 Å². The van der Waals surface area contributed by atoms with Crippen LogP contribution >= 0.6 is 23.5 Å². The minimum Gasteiger partial charge on any atom is -0.494 e. The average molecular weight is 397 g/mol. The summed E-state index contributed by atoms with van der Waals surface area (Å²) in [7, 11) is 1.44. The van der Waals surface area contributed by atoms with Gasteiger partial charge in [0.15, 0.2) is 11.6 Å². The summed E-state index contributed by atoms with van der Waals surface area (Å²) < 4.78 is 24.6. The summed E-state index contributed by atoms with van der Waals surface area (Å²) in [4.78, 5) is 12.7. The maximum Gasteiger partial charge on any atom is 0.309 e. The van der Waals surface area contributed by atoms with Gasteiger partial charge in [0.2, 0.25) is 0 Å². The third-order valence-corrected chi connectivity index (χ3v) is 10.1. The summed E-state index contributed by atoms with van der Waals surface area (Å²) in [6, 6.07) is 4.69. The van der Waals surface area contributed by atoms with E-state index in [2.05, 4.69) is 23.5 Å². The van der Waals surface area contributed by atoms with Crippen molar-refractivity contribution in [3.63, 3.8) is 0 Å². The number of thioether (sulfide) groups is 2. The van der Waals surface area contributed by atoms with Crippen LogP contribution in [0.4, 0.5) is 4.39 Å². The summed E-state index contributed by atoms with van der Waals surface area (Å²) in [6.45, 7) is 0.125. The maximum atomic E-state index is 13.8. The average Bonchev–Trinajstić information content (AvgIpc) is 3.09. The summed E-state index contributed by atoms with van der Waals surface area (Å²) in [5.41, 5.74) is 0.658. The van der Waals surface area contributed by atoms with E-state index in [1.165, 1.54) is 43.9 Å². The Morgan fingerprint density at radius 2 is 1.92 bits per heavy atom. The molecule has 2 unspecified atom stereocenters. The third kappa shape index (κ3) is 3.35. The molecule has 1 heterocycles. The Kier molecular flexibility index (Phi) is 5.42. The van der Waals surface area contributed by atoms with E-state index in [4.69, 9.17) is 9.47 Å². The van der Waals surface area contributed by atoms with Gasteiger partial charge in [0, 0.05) is 11.5 Å². The van der Waals surface area contributed by atoms with Crippen LogP contribution in [-0.2, 0) is 16.1 Å². The van der Waals surface area contributed by atoms with Crippen LogP contribution in [0.25, 0.3) is 0 Å². The van der Waals surface area contributed by atoms with Crippen LogP contribution in [0.15, 0.2) is 18.2 Å². The molecule has 2 bridgehead atoms. The van der Waals surface area contributed by atoms with E-state index in [0.29, 0.717) is 21.5 Å². The summed E-state index contributed by atoms with van der Waals surface area (Å²) in [5.74, 6) is 3.42. The van der Waals surface area contributed by atoms with Gasteiger partial charge in [0.05, 0.1) is 17.1 Å². The Balaban J connectivity index is 1.38. The highest BCUT2D eigenvalue weighted by molar-refractivity contribution is 8.21. The summed E-state index contributed by atoms with van der Waals surface area (Å²) >= 11 is 4.29. The van der Waals surface area contributed by atoms with Gasteiger partial charge in [-0.25, -0.2) is 4.39 Å². The normalized spacial score (nSPS) is 29.5. The Labute approximate surface area is 162 Å². The minimum absolute atomic E-state index is 0.000760. The second kappa shape index (κ2) is 7.63. The smallest absolute Gasteiger partial charge is 0.309 e. The van der Waals surface area contributed by atoms with Crippen molar-refractivity contribution in [2.45, 2.75) is 42.8 Å². The standard InChI is InChI=1S/C20H25FO3S2/c1-23-18-6-5-13(9-17(18)21)12-24-19(22)14-10-15-3-2-4-16(11-14)20(15)25-7-8-26-20/h5-6,9,14-16H,2-4,7-8,10-12H2,1H3. The van der Waals surface area contributed by atoms with E-state index in [1.807, 2.05) is 0 Å². The van der Waals surface area contributed by atoms with Crippen LogP contribution in [0.3, 0.4) is 0 Å². The zero-order chi connectivity index (χ0) is 18.1. The van der Waals surface area contributed by atoms with E-state index in [-0.39, 0.29) is 24.2 Å². The van der Waals surface area contributed by atoms with Crippen LogP contribution < -0.4 is 4.74 Å². The lowest BCUT2D eigenvalue weighted by molar-refractivity contribution is -0.152. The van der Waals surface area contributed by atoms with Crippen LogP contribution in [0.5, 0.6) is 5.75 Å². The quantitative estimate of drug-likeness (QED) is 0.678. The van der Waals surface area contributed by atoms with E-state index < -0.39 is 5.82 Å². The summed E-state index contributed by atoms with van der Waals surface area (Å²) in [6.07, 6.45) is 5.68. The fraction of sp³-hybridized carbons (Fsp3) is 0.650. The van der Waals surface area contributed by atoms with E-state index >= 15 is 0 Å². The zero-order valence-corrected chi connectivity index (χ0v) is 16.7. The SMILES string of the molecule is COc1ccc(COC(=O)C2CC3CCCC(C2)C32SCCS2)cc1F. The number of carbonyl (C=O) groups excluding carboxylic acids is 1. The van der Waals surface area contributed by atoms with Crippen molar-refractivity contribution in [3.8, 4) is 5.75 Å². The van der Waals surface area contributed by atoms with Crippen molar-refractivity contribution in [2.75, 3.05) is 18.6 Å². The Bertz CT molecular complexity index is 659. The monoisotopic (exact) mass is 396 g/mol. The molecular formula is C20H25FO3S2. The Morgan fingerprint density at radius 3 is 2.54 bits per heavy atom. The highest BCUT2D eigenvalue weighted by Gasteiger charge is 2.55. The molecule has 0 N–H and O–H groups in total. The number of methoxy groups -OCH3 is 1. The molecule has 4 rings (SSSR count). The Morgan fingerprint density at radius 1 is 1.23 bits per heavy atom. The van der Waals surface area contributed by atoms with Gasteiger partial charge in [-0.1, -0.05) is 12.5 Å². The first-order valence-electron chi connectivity index (χ1n) is 9.39. The number of esters is 1. The Hall–Kier alpha value is -0.880. The van der Waals surface area contributed by atoms with Gasteiger partial charge in [-0.2, -0.15) is 0 Å². The summed E-state index contributed by atoms with van der Waals surface area (Å²) in [5, 5.41) is 0. The molecule has 3 fully saturated rings. The van der Waals surface area contributed by atoms with E-state index in [1.54, 1.807) is 12.1 Å². The van der Waals surface area contributed by atoms with Gasteiger partial charge in [0.1, 0.15) is 6.61 Å². The number of halogens is 1. The molecule has 26 heavy (non-hydrogen) atoms. The molecule has 1 spiro atoms. The number of benzene rings is 1. The van der Waals surface area contributed by atoms with Crippen molar-refractivity contribution < 1.29 is 18.7 Å². The molecule has 0 aromatic heterocycles. The molecule has 1 aromatic rings. The molecule has 6 heteroatoms. The van der Waals surface area contributed by atoms with Crippen molar-refractivity contribution in [1.82, 2.24) is 0 Å². The first-order chi connectivity index (χ1) is 12.6. The van der Waals surface area contributed by atoms with Crippen molar-refractivity contribution in [3.05, 3.63) is 29.6 Å². The second-order valence-electron chi connectivity index (χ2n) is 7.49. The molecule has 2 aliphatic carbocycles. The molecule has 3 nitrogen and oxygen atoms in total. The fourth-order valence-electron chi connectivity index (χ4n) is 4.87. The van der Waals surface area contributed by atoms with Crippen LogP contribution in [0, 0.1) is 23.6 Å². The van der Waals surface area contributed by atoms with E-state index in [0.717, 1.165) is 12.8 Å². The van der Waals surface area contributed by atoms with Gasteiger partial charge in [-0.3, -0.25) is 4.79 Å². The number of hydrogen-bond acceptors (Lipinski definition) is 5. The highest BCUT2D eigenvalue weighted by Crippen LogP contribution is 2.64. The topological polar surface area (TPSA) is 35.5 Å². The highest BCUT2D eigenvalue weighted by atomic mass is 32.2. The molecule has 0 radical (unpaired) electrons. The predicted octanol–water partition coefficient (Wildman–Crippen LogP) is 4.88. The van der Waals surface area contributed by atoms with Crippen molar-refractivity contribution in [1.29, 1.82) is 0 Å².